The van der Waals surface area contributed by atoms with E-state index in [1.54, 1.807) is 0 Å². The molecule has 0 bridgehead atoms. The Hall–Kier alpha value is -3.48. The maximum absolute atomic E-state index is 13.0. The molecule has 0 spiro atoms. The Morgan fingerprint density at radius 1 is 1.21 bits per heavy atom. The maximum Gasteiger partial charge on any atom is 0.251 e. The Bertz CT molecular complexity index is 1150. The Labute approximate surface area is 161 Å². The summed E-state index contributed by atoms with van der Waals surface area (Å²) < 4.78 is 20.4. The summed E-state index contributed by atoms with van der Waals surface area (Å²) >= 11 is 0. The van der Waals surface area contributed by atoms with E-state index in [1.165, 1.54) is 29.8 Å². The zero-order valence-corrected chi connectivity index (χ0v) is 15.6. The standard InChI is InChI=1S/C21H19FN4O2/c1-3-26-17-6-4-5-13(2)16(17)11-18(26)20-24-19(28-25-20)12-23-21(27)14-7-9-15(22)10-8-14/h4-11H,3,12H2,1-2H3,(H,23,27). The van der Waals surface area contributed by atoms with Crippen molar-refractivity contribution in [3.8, 4) is 11.5 Å². The van der Waals surface area contributed by atoms with Gasteiger partial charge in [-0.2, -0.15) is 4.98 Å². The Morgan fingerprint density at radius 2 is 2.00 bits per heavy atom. The number of halogens is 1. The third-order valence-corrected chi connectivity index (χ3v) is 4.68. The quantitative estimate of drug-likeness (QED) is 0.568. The van der Waals surface area contributed by atoms with E-state index in [0.717, 1.165) is 23.1 Å². The van der Waals surface area contributed by atoms with Gasteiger partial charge in [0.15, 0.2) is 0 Å². The van der Waals surface area contributed by atoms with Gasteiger partial charge in [0.2, 0.25) is 11.7 Å². The predicted molar refractivity (Wildman–Crippen MR) is 103 cm³/mol. The normalized spacial score (nSPS) is 11.1. The molecule has 7 heteroatoms. The third kappa shape index (κ3) is 3.26. The number of amides is 1. The van der Waals surface area contributed by atoms with E-state index >= 15 is 0 Å². The molecule has 0 aliphatic rings. The molecule has 4 aromatic rings. The number of aryl methyl sites for hydroxylation is 2. The molecular formula is C21H19FN4O2. The van der Waals surface area contributed by atoms with Gasteiger partial charge in [-0.05, 0) is 55.8 Å². The fourth-order valence-electron chi connectivity index (χ4n) is 3.25. The van der Waals surface area contributed by atoms with Crippen LogP contribution in [0.15, 0.2) is 53.1 Å². The summed E-state index contributed by atoms with van der Waals surface area (Å²) in [5.41, 5.74) is 3.53. The van der Waals surface area contributed by atoms with Crippen LogP contribution in [-0.4, -0.2) is 20.6 Å². The van der Waals surface area contributed by atoms with Crippen LogP contribution in [0.4, 0.5) is 4.39 Å². The highest BCUT2D eigenvalue weighted by molar-refractivity contribution is 5.94. The fourth-order valence-corrected chi connectivity index (χ4v) is 3.25. The van der Waals surface area contributed by atoms with Crippen molar-refractivity contribution in [1.29, 1.82) is 0 Å². The highest BCUT2D eigenvalue weighted by Crippen LogP contribution is 2.28. The second-order valence-electron chi connectivity index (χ2n) is 6.48. The van der Waals surface area contributed by atoms with Crippen LogP contribution in [0.1, 0.15) is 28.7 Å². The van der Waals surface area contributed by atoms with Crippen LogP contribution in [0, 0.1) is 12.7 Å². The monoisotopic (exact) mass is 378 g/mol. The lowest BCUT2D eigenvalue weighted by Crippen LogP contribution is -2.22. The summed E-state index contributed by atoms with van der Waals surface area (Å²) in [4.78, 5) is 16.6. The molecule has 0 fully saturated rings. The molecule has 0 saturated heterocycles. The van der Waals surface area contributed by atoms with Gasteiger partial charge >= 0.3 is 0 Å². The molecular weight excluding hydrogens is 359 g/mol. The first-order valence-corrected chi connectivity index (χ1v) is 9.02. The molecule has 1 amide bonds. The average molecular weight is 378 g/mol. The van der Waals surface area contributed by atoms with E-state index in [-0.39, 0.29) is 18.3 Å². The van der Waals surface area contributed by atoms with Gasteiger partial charge < -0.3 is 14.4 Å². The van der Waals surface area contributed by atoms with Gasteiger partial charge in [0, 0.05) is 23.0 Å². The number of carbonyl (C=O) groups excluding carboxylic acids is 1. The number of rotatable bonds is 5. The first-order chi connectivity index (χ1) is 13.6. The largest absolute Gasteiger partial charge is 0.343 e. The molecule has 28 heavy (non-hydrogen) atoms. The predicted octanol–water partition coefficient (Wildman–Crippen LogP) is 4.09. The molecule has 6 nitrogen and oxygen atoms in total. The van der Waals surface area contributed by atoms with Gasteiger partial charge in [0.05, 0.1) is 12.2 Å². The zero-order valence-electron chi connectivity index (χ0n) is 15.6. The summed E-state index contributed by atoms with van der Waals surface area (Å²) in [6.45, 7) is 5.00. The molecule has 0 aliphatic carbocycles. The lowest BCUT2D eigenvalue weighted by Gasteiger charge is -2.04. The highest BCUT2D eigenvalue weighted by Gasteiger charge is 2.17. The van der Waals surface area contributed by atoms with Crippen molar-refractivity contribution in [1.82, 2.24) is 20.0 Å². The molecule has 0 atom stereocenters. The number of benzene rings is 2. The van der Waals surface area contributed by atoms with Gasteiger partial charge in [0.25, 0.3) is 5.91 Å². The average Bonchev–Trinajstić information content (AvgIpc) is 3.31. The number of nitrogens with zero attached hydrogens (tertiary/aromatic N) is 3. The molecule has 0 saturated carbocycles. The summed E-state index contributed by atoms with van der Waals surface area (Å²) in [5, 5.41) is 7.92. The smallest absolute Gasteiger partial charge is 0.251 e. The summed E-state index contributed by atoms with van der Waals surface area (Å²) in [6, 6.07) is 13.5. The minimum atomic E-state index is -0.389. The van der Waals surface area contributed by atoms with Crippen LogP contribution in [0.2, 0.25) is 0 Å². The van der Waals surface area contributed by atoms with Gasteiger partial charge in [-0.15, -0.1) is 0 Å². The van der Waals surface area contributed by atoms with Crippen LogP contribution < -0.4 is 5.32 Å². The second kappa shape index (κ2) is 7.26. The number of hydrogen-bond donors (Lipinski definition) is 1. The van der Waals surface area contributed by atoms with E-state index in [9.17, 15) is 9.18 Å². The Kier molecular flexibility index (Phi) is 4.65. The highest BCUT2D eigenvalue weighted by atomic mass is 19.1. The molecule has 1 N–H and O–H groups in total. The van der Waals surface area contributed by atoms with Crippen molar-refractivity contribution < 1.29 is 13.7 Å². The van der Waals surface area contributed by atoms with E-state index in [2.05, 4.69) is 52.1 Å². The molecule has 4 rings (SSSR count). The van der Waals surface area contributed by atoms with E-state index in [4.69, 9.17) is 4.52 Å². The minimum absolute atomic E-state index is 0.0919. The van der Waals surface area contributed by atoms with Crippen molar-refractivity contribution in [3.63, 3.8) is 0 Å². The molecule has 2 aromatic heterocycles. The van der Waals surface area contributed by atoms with Crippen LogP contribution in [0.25, 0.3) is 22.4 Å². The second-order valence-corrected chi connectivity index (χ2v) is 6.48. The SMILES string of the molecule is CCn1c(-c2noc(CNC(=O)c3ccc(F)cc3)n2)cc2c(C)cccc21. The van der Waals surface area contributed by atoms with Crippen LogP contribution in [-0.2, 0) is 13.1 Å². The van der Waals surface area contributed by atoms with Gasteiger partial charge in [-0.1, -0.05) is 17.3 Å². The fraction of sp³-hybridized carbons (Fsp3) is 0.190. The molecule has 0 unspecified atom stereocenters. The summed E-state index contributed by atoms with van der Waals surface area (Å²) in [7, 11) is 0. The Morgan fingerprint density at radius 3 is 2.75 bits per heavy atom. The molecule has 2 heterocycles. The molecule has 142 valence electrons. The molecule has 2 aromatic carbocycles. The molecule has 0 aliphatic heterocycles. The van der Waals surface area contributed by atoms with Gasteiger partial charge in [-0.25, -0.2) is 4.39 Å². The number of hydrogen-bond acceptors (Lipinski definition) is 4. The lowest BCUT2D eigenvalue weighted by molar-refractivity contribution is 0.0946. The summed E-state index contributed by atoms with van der Waals surface area (Å²) in [5.74, 6) is 0.0521. The van der Waals surface area contributed by atoms with E-state index in [0.29, 0.717) is 17.3 Å². The van der Waals surface area contributed by atoms with Crippen molar-refractivity contribution >= 4 is 16.8 Å². The maximum atomic E-state index is 13.0. The van der Waals surface area contributed by atoms with E-state index < -0.39 is 0 Å². The third-order valence-electron chi connectivity index (χ3n) is 4.68. The van der Waals surface area contributed by atoms with Crippen molar-refractivity contribution in [2.24, 2.45) is 0 Å². The van der Waals surface area contributed by atoms with Crippen LogP contribution in [0.3, 0.4) is 0 Å². The number of nitrogens with one attached hydrogen (secondary N) is 1. The van der Waals surface area contributed by atoms with Crippen molar-refractivity contribution in [3.05, 3.63) is 71.4 Å². The van der Waals surface area contributed by atoms with Crippen LogP contribution >= 0.6 is 0 Å². The van der Waals surface area contributed by atoms with Gasteiger partial charge in [0.1, 0.15) is 5.82 Å². The number of carbonyl (C=O) groups is 1. The van der Waals surface area contributed by atoms with Crippen molar-refractivity contribution in [2.45, 2.75) is 26.9 Å². The molecule has 0 radical (unpaired) electrons. The first kappa shape index (κ1) is 17.9. The van der Waals surface area contributed by atoms with E-state index in [1.807, 2.05) is 6.07 Å². The summed E-state index contributed by atoms with van der Waals surface area (Å²) in [6.07, 6.45) is 0. The minimum Gasteiger partial charge on any atom is -0.343 e. The zero-order chi connectivity index (χ0) is 19.7. The topological polar surface area (TPSA) is 73.0 Å². The Balaban J connectivity index is 1.55. The lowest BCUT2D eigenvalue weighted by atomic mass is 10.1. The number of fused-ring (bicyclic) bond motifs is 1. The first-order valence-electron chi connectivity index (χ1n) is 9.02. The van der Waals surface area contributed by atoms with Crippen molar-refractivity contribution in [2.75, 3.05) is 0 Å². The number of aromatic nitrogens is 3. The van der Waals surface area contributed by atoms with Crippen LogP contribution in [0.5, 0.6) is 0 Å². The van der Waals surface area contributed by atoms with Gasteiger partial charge in [-0.3, -0.25) is 4.79 Å².